The molecule has 1 aliphatic rings. The molecule has 4 N–H and O–H groups in total. The number of nitrogens with zero attached hydrogens (tertiary/aromatic N) is 3. The Morgan fingerprint density at radius 2 is 2.03 bits per heavy atom. The summed E-state index contributed by atoms with van der Waals surface area (Å²) in [6, 6.07) is 5.29. The molecule has 0 radical (unpaired) electrons. The van der Waals surface area contributed by atoms with E-state index in [1.807, 2.05) is 19.0 Å². The van der Waals surface area contributed by atoms with Gasteiger partial charge in [0, 0.05) is 25.8 Å². The number of carbonyl (C=O) groups excluding carboxylic acids is 3. The van der Waals surface area contributed by atoms with E-state index in [2.05, 4.69) is 30.9 Å². The molecule has 3 heterocycles. The molecule has 32 heavy (non-hydrogen) atoms. The zero-order valence-electron chi connectivity index (χ0n) is 17.7. The van der Waals surface area contributed by atoms with E-state index in [-0.39, 0.29) is 30.7 Å². The van der Waals surface area contributed by atoms with Gasteiger partial charge >= 0.3 is 0 Å². The van der Waals surface area contributed by atoms with Crippen molar-refractivity contribution in [3.8, 4) is 5.75 Å². The Hall–Kier alpha value is -3.99. The van der Waals surface area contributed by atoms with Crippen LogP contribution in [0, 0.1) is 0 Å². The van der Waals surface area contributed by atoms with Crippen molar-refractivity contribution in [3.63, 3.8) is 0 Å². The van der Waals surface area contributed by atoms with Crippen molar-refractivity contribution in [2.45, 2.75) is 6.54 Å². The van der Waals surface area contributed by atoms with E-state index < -0.39 is 5.91 Å². The monoisotopic (exact) mass is 437 g/mol. The predicted molar refractivity (Wildman–Crippen MR) is 117 cm³/mol. The van der Waals surface area contributed by atoms with Gasteiger partial charge in [0.2, 0.25) is 0 Å². The van der Waals surface area contributed by atoms with Gasteiger partial charge in [0.15, 0.2) is 12.3 Å². The van der Waals surface area contributed by atoms with Crippen LogP contribution in [-0.2, 0) is 11.3 Å². The maximum Gasteiger partial charge on any atom is 0.272 e. The average molecular weight is 437 g/mol. The first-order valence-electron chi connectivity index (χ1n) is 10.0. The van der Waals surface area contributed by atoms with E-state index in [9.17, 15) is 14.4 Å². The van der Waals surface area contributed by atoms with E-state index in [4.69, 9.17) is 4.74 Å². The minimum Gasteiger partial charge on any atom is -0.482 e. The van der Waals surface area contributed by atoms with Gasteiger partial charge in [-0.3, -0.25) is 14.4 Å². The quantitative estimate of drug-likeness (QED) is 0.422. The van der Waals surface area contributed by atoms with Gasteiger partial charge in [-0.15, -0.1) is 0 Å². The summed E-state index contributed by atoms with van der Waals surface area (Å²) in [5.74, 6) is -0.339. The van der Waals surface area contributed by atoms with Crippen molar-refractivity contribution in [2.24, 2.45) is 0 Å². The molecule has 11 heteroatoms. The van der Waals surface area contributed by atoms with Crippen LogP contribution >= 0.6 is 0 Å². The third kappa shape index (κ3) is 4.52. The number of hydrogen-bond acceptors (Lipinski definition) is 7. The number of likely N-dealkylation sites (N-methyl/N-ethyl adjacent to an activating group) is 1. The number of H-pyrrole nitrogens is 1. The van der Waals surface area contributed by atoms with Gasteiger partial charge in [-0.1, -0.05) is 6.07 Å². The summed E-state index contributed by atoms with van der Waals surface area (Å²) in [4.78, 5) is 49.9. The summed E-state index contributed by atoms with van der Waals surface area (Å²) in [7, 11) is 3.84. The molecule has 3 aromatic rings. The Labute approximate surface area is 183 Å². The average Bonchev–Trinajstić information content (AvgIpc) is 3.21. The number of amides is 3. The Morgan fingerprint density at radius 1 is 1.19 bits per heavy atom. The number of benzene rings is 1. The SMILES string of the molecule is CN(C)CCNC(=O)c1c[nH]c2c(C(=O)NCc3ccc4c(c3)NC(=O)CO4)ncnc12. The lowest BCUT2D eigenvalue weighted by Crippen LogP contribution is -2.31. The van der Waals surface area contributed by atoms with Crippen LogP contribution in [-0.4, -0.2) is 71.4 Å². The second-order valence-corrected chi connectivity index (χ2v) is 7.56. The van der Waals surface area contributed by atoms with Crippen LogP contribution in [0.3, 0.4) is 0 Å². The molecule has 1 aromatic carbocycles. The van der Waals surface area contributed by atoms with Crippen LogP contribution in [0.4, 0.5) is 5.69 Å². The van der Waals surface area contributed by atoms with E-state index in [1.165, 1.54) is 12.5 Å². The van der Waals surface area contributed by atoms with Crippen LogP contribution < -0.4 is 20.7 Å². The summed E-state index contributed by atoms with van der Waals surface area (Å²) in [5, 5.41) is 8.37. The molecule has 2 aromatic heterocycles. The fourth-order valence-corrected chi connectivity index (χ4v) is 3.28. The Bertz CT molecular complexity index is 1190. The molecule has 166 valence electrons. The van der Waals surface area contributed by atoms with Crippen molar-refractivity contribution in [1.82, 2.24) is 30.5 Å². The second kappa shape index (κ2) is 9.02. The van der Waals surface area contributed by atoms with Crippen LogP contribution in [0.15, 0.2) is 30.7 Å². The fraction of sp³-hybridized carbons (Fsp3) is 0.286. The lowest BCUT2D eigenvalue weighted by molar-refractivity contribution is -0.118. The van der Waals surface area contributed by atoms with E-state index in [1.54, 1.807) is 18.2 Å². The summed E-state index contributed by atoms with van der Waals surface area (Å²) in [6.07, 6.45) is 2.78. The number of nitrogens with one attached hydrogen (secondary N) is 4. The molecule has 4 rings (SSSR count). The van der Waals surface area contributed by atoms with E-state index in [0.717, 1.165) is 5.56 Å². The molecular weight excluding hydrogens is 414 g/mol. The Morgan fingerprint density at radius 3 is 2.84 bits per heavy atom. The molecule has 0 aliphatic carbocycles. The van der Waals surface area contributed by atoms with Crippen LogP contribution in [0.2, 0.25) is 0 Å². The number of rotatable bonds is 7. The van der Waals surface area contributed by atoms with Crippen LogP contribution in [0.5, 0.6) is 5.75 Å². The Balaban J connectivity index is 1.46. The van der Waals surface area contributed by atoms with Crippen molar-refractivity contribution in [1.29, 1.82) is 0 Å². The first-order valence-corrected chi connectivity index (χ1v) is 10.0. The van der Waals surface area contributed by atoms with Crippen molar-refractivity contribution < 1.29 is 19.1 Å². The van der Waals surface area contributed by atoms with Gasteiger partial charge in [-0.25, -0.2) is 9.97 Å². The summed E-state index contributed by atoms with van der Waals surface area (Å²) in [6.45, 7) is 1.39. The molecule has 11 nitrogen and oxygen atoms in total. The van der Waals surface area contributed by atoms with Gasteiger partial charge in [-0.05, 0) is 31.8 Å². The Kier molecular flexibility index (Phi) is 5.99. The number of ether oxygens (including phenoxy) is 1. The van der Waals surface area contributed by atoms with Crippen molar-refractivity contribution in [3.05, 3.63) is 47.5 Å². The number of carbonyl (C=O) groups is 3. The lowest BCUT2D eigenvalue weighted by Gasteiger charge is -2.18. The molecule has 1 aliphatic heterocycles. The van der Waals surface area contributed by atoms with Gasteiger partial charge < -0.3 is 30.6 Å². The normalized spacial score (nSPS) is 12.8. The summed E-state index contributed by atoms with van der Waals surface area (Å²) in [5.41, 5.74) is 2.58. The van der Waals surface area contributed by atoms with E-state index in [0.29, 0.717) is 41.1 Å². The molecule has 0 unspecified atom stereocenters. The zero-order chi connectivity index (χ0) is 22.7. The molecule has 0 spiro atoms. The molecule has 0 fully saturated rings. The fourth-order valence-electron chi connectivity index (χ4n) is 3.28. The first kappa shape index (κ1) is 21.2. The number of fused-ring (bicyclic) bond motifs is 2. The minimum absolute atomic E-state index is 0.0153. The molecular formula is C21H23N7O4. The van der Waals surface area contributed by atoms with Gasteiger partial charge in [0.25, 0.3) is 17.7 Å². The molecule has 0 atom stereocenters. The van der Waals surface area contributed by atoms with Gasteiger partial charge in [0.05, 0.1) is 16.8 Å². The number of aromatic nitrogens is 3. The largest absolute Gasteiger partial charge is 0.482 e. The molecule has 0 bridgehead atoms. The topological polar surface area (TPSA) is 141 Å². The number of aromatic amines is 1. The maximum atomic E-state index is 12.8. The second-order valence-electron chi connectivity index (χ2n) is 7.56. The summed E-state index contributed by atoms with van der Waals surface area (Å²) < 4.78 is 5.34. The highest BCUT2D eigenvalue weighted by Gasteiger charge is 2.20. The predicted octanol–water partition coefficient (Wildman–Crippen LogP) is 0.510. The highest BCUT2D eigenvalue weighted by Crippen LogP contribution is 2.28. The first-order chi connectivity index (χ1) is 15.4. The highest BCUT2D eigenvalue weighted by atomic mass is 16.5. The van der Waals surface area contributed by atoms with Crippen molar-refractivity contribution >= 4 is 34.4 Å². The van der Waals surface area contributed by atoms with Gasteiger partial charge in [-0.2, -0.15) is 0 Å². The zero-order valence-corrected chi connectivity index (χ0v) is 17.7. The number of hydrogen-bond donors (Lipinski definition) is 4. The molecule has 0 saturated heterocycles. The van der Waals surface area contributed by atoms with E-state index >= 15 is 0 Å². The number of anilines is 1. The van der Waals surface area contributed by atoms with Gasteiger partial charge in [0.1, 0.15) is 17.6 Å². The molecule has 0 saturated carbocycles. The minimum atomic E-state index is -0.420. The smallest absolute Gasteiger partial charge is 0.272 e. The third-order valence-corrected chi connectivity index (χ3v) is 4.90. The lowest BCUT2D eigenvalue weighted by atomic mass is 10.1. The summed E-state index contributed by atoms with van der Waals surface area (Å²) >= 11 is 0. The standard InChI is InChI=1S/C21H23N7O4/c1-28(2)6-5-22-20(30)13-9-23-18-17(13)25-11-26-19(18)21(31)24-8-12-3-4-15-14(7-12)27-16(29)10-32-15/h3-4,7,9,11,23H,5-6,8,10H2,1-2H3,(H,22,30)(H,24,31)(H,27,29). The molecule has 3 amide bonds. The highest BCUT2D eigenvalue weighted by molar-refractivity contribution is 6.10. The van der Waals surface area contributed by atoms with Crippen LogP contribution in [0.25, 0.3) is 11.0 Å². The third-order valence-electron chi connectivity index (χ3n) is 4.90. The maximum absolute atomic E-state index is 12.8. The van der Waals surface area contributed by atoms with Crippen molar-refractivity contribution in [2.75, 3.05) is 39.1 Å². The van der Waals surface area contributed by atoms with Crippen LogP contribution in [0.1, 0.15) is 26.4 Å².